The minimum Gasteiger partial charge on any atom is -0.460 e. The SMILES string of the molecule is CSc1ccc(COC(=O)CSCC(=O)Nc2ccccc2F)cc1. The maximum absolute atomic E-state index is 13.4. The van der Waals surface area contributed by atoms with Gasteiger partial charge in [0.2, 0.25) is 5.91 Å². The van der Waals surface area contributed by atoms with Gasteiger partial charge in [-0.3, -0.25) is 9.59 Å². The number of carbonyl (C=O) groups is 2. The molecule has 0 aliphatic heterocycles. The van der Waals surface area contributed by atoms with E-state index in [-0.39, 0.29) is 29.7 Å². The van der Waals surface area contributed by atoms with Crippen LogP contribution in [0.1, 0.15) is 5.56 Å². The molecule has 2 aromatic carbocycles. The molecule has 0 fully saturated rings. The van der Waals surface area contributed by atoms with E-state index in [1.165, 1.54) is 12.1 Å². The van der Waals surface area contributed by atoms with Gasteiger partial charge in [0.25, 0.3) is 0 Å². The van der Waals surface area contributed by atoms with Crippen LogP contribution in [0.25, 0.3) is 0 Å². The molecule has 0 heterocycles. The van der Waals surface area contributed by atoms with Gasteiger partial charge in [0.1, 0.15) is 12.4 Å². The molecule has 1 N–H and O–H groups in total. The first-order valence-electron chi connectivity index (χ1n) is 7.49. The fraction of sp³-hybridized carbons (Fsp3) is 0.222. The Kier molecular flexibility index (Phi) is 7.81. The third-order valence-electron chi connectivity index (χ3n) is 3.16. The molecule has 0 spiro atoms. The van der Waals surface area contributed by atoms with Crippen molar-refractivity contribution in [3.63, 3.8) is 0 Å². The second kappa shape index (κ2) is 10.1. The molecular formula is C18H18FNO3S2. The lowest BCUT2D eigenvalue weighted by Gasteiger charge is -2.07. The summed E-state index contributed by atoms with van der Waals surface area (Å²) in [6.07, 6.45) is 1.99. The maximum Gasteiger partial charge on any atom is 0.316 e. The number of hydrogen-bond acceptors (Lipinski definition) is 5. The third-order valence-corrected chi connectivity index (χ3v) is 4.81. The van der Waals surface area contributed by atoms with Crippen molar-refractivity contribution >= 4 is 41.1 Å². The quantitative estimate of drug-likeness (QED) is 0.556. The fourth-order valence-corrected chi connectivity index (χ4v) is 2.92. The molecular weight excluding hydrogens is 361 g/mol. The third kappa shape index (κ3) is 6.80. The van der Waals surface area contributed by atoms with Crippen LogP contribution < -0.4 is 5.32 Å². The topological polar surface area (TPSA) is 55.4 Å². The molecule has 7 heteroatoms. The predicted molar refractivity (Wildman–Crippen MR) is 100 cm³/mol. The lowest BCUT2D eigenvalue weighted by molar-refractivity contribution is -0.141. The molecule has 132 valence electrons. The Morgan fingerprint density at radius 1 is 1.08 bits per heavy atom. The first-order valence-corrected chi connectivity index (χ1v) is 9.87. The number of esters is 1. The van der Waals surface area contributed by atoms with Gasteiger partial charge in [0, 0.05) is 4.90 Å². The predicted octanol–water partition coefficient (Wildman–Crippen LogP) is 3.96. The highest BCUT2D eigenvalue weighted by molar-refractivity contribution is 8.00. The zero-order valence-corrected chi connectivity index (χ0v) is 15.3. The molecule has 0 unspecified atom stereocenters. The van der Waals surface area contributed by atoms with Gasteiger partial charge in [-0.15, -0.1) is 23.5 Å². The van der Waals surface area contributed by atoms with Gasteiger partial charge in [0.15, 0.2) is 0 Å². The summed E-state index contributed by atoms with van der Waals surface area (Å²) in [6, 6.07) is 13.7. The smallest absolute Gasteiger partial charge is 0.316 e. The first kappa shape index (κ1) is 19.3. The Hall–Kier alpha value is -1.99. The van der Waals surface area contributed by atoms with Crippen molar-refractivity contribution in [2.45, 2.75) is 11.5 Å². The van der Waals surface area contributed by atoms with Crippen molar-refractivity contribution in [3.8, 4) is 0 Å². The largest absolute Gasteiger partial charge is 0.460 e. The van der Waals surface area contributed by atoms with E-state index >= 15 is 0 Å². The van der Waals surface area contributed by atoms with E-state index in [9.17, 15) is 14.0 Å². The molecule has 0 saturated carbocycles. The molecule has 2 aromatic rings. The summed E-state index contributed by atoms with van der Waals surface area (Å²) in [5.74, 6) is -1.14. The van der Waals surface area contributed by atoms with Crippen LogP contribution in [-0.2, 0) is 20.9 Å². The normalized spacial score (nSPS) is 10.3. The number of amides is 1. The number of carbonyl (C=O) groups excluding carboxylic acids is 2. The molecule has 1 amide bonds. The van der Waals surface area contributed by atoms with Gasteiger partial charge in [-0.25, -0.2) is 4.39 Å². The Balaban J connectivity index is 1.66. The number of anilines is 1. The van der Waals surface area contributed by atoms with Gasteiger partial charge < -0.3 is 10.1 Å². The monoisotopic (exact) mass is 379 g/mol. The lowest BCUT2D eigenvalue weighted by atomic mass is 10.2. The Morgan fingerprint density at radius 2 is 1.80 bits per heavy atom. The van der Waals surface area contributed by atoms with E-state index in [0.717, 1.165) is 22.2 Å². The summed E-state index contributed by atoms with van der Waals surface area (Å²) in [4.78, 5) is 24.6. The number of thioether (sulfide) groups is 2. The van der Waals surface area contributed by atoms with Crippen molar-refractivity contribution in [1.29, 1.82) is 0 Å². The molecule has 4 nitrogen and oxygen atoms in total. The maximum atomic E-state index is 13.4. The number of ether oxygens (including phenoxy) is 1. The van der Waals surface area contributed by atoms with Gasteiger partial charge in [-0.2, -0.15) is 0 Å². The Morgan fingerprint density at radius 3 is 2.48 bits per heavy atom. The van der Waals surface area contributed by atoms with Crippen molar-refractivity contribution < 1.29 is 18.7 Å². The van der Waals surface area contributed by atoms with Crippen molar-refractivity contribution in [2.24, 2.45) is 0 Å². The molecule has 0 bridgehead atoms. The zero-order valence-electron chi connectivity index (χ0n) is 13.7. The number of nitrogens with one attached hydrogen (secondary N) is 1. The zero-order chi connectivity index (χ0) is 18.1. The summed E-state index contributed by atoms with van der Waals surface area (Å²) in [7, 11) is 0. The molecule has 2 rings (SSSR count). The van der Waals surface area contributed by atoms with Gasteiger partial charge >= 0.3 is 5.97 Å². The van der Waals surface area contributed by atoms with E-state index < -0.39 is 11.8 Å². The van der Waals surface area contributed by atoms with Crippen molar-refractivity contribution in [2.75, 3.05) is 23.1 Å². The molecule has 0 radical (unpaired) electrons. The number of rotatable bonds is 8. The highest BCUT2D eigenvalue weighted by Crippen LogP contribution is 2.16. The minimum absolute atomic E-state index is 0.0475. The average molecular weight is 379 g/mol. The average Bonchev–Trinajstić information content (AvgIpc) is 2.62. The van der Waals surface area contributed by atoms with E-state index in [0.29, 0.717) is 0 Å². The van der Waals surface area contributed by atoms with Gasteiger partial charge in [-0.05, 0) is 36.1 Å². The second-order valence-electron chi connectivity index (χ2n) is 5.03. The number of hydrogen-bond donors (Lipinski definition) is 1. The van der Waals surface area contributed by atoms with E-state index in [1.807, 2.05) is 30.5 Å². The molecule has 25 heavy (non-hydrogen) atoms. The molecule has 0 aromatic heterocycles. The van der Waals surface area contributed by atoms with Crippen LogP contribution >= 0.6 is 23.5 Å². The lowest BCUT2D eigenvalue weighted by Crippen LogP contribution is -2.17. The Labute approximate surface area is 154 Å². The second-order valence-corrected chi connectivity index (χ2v) is 6.89. The van der Waals surface area contributed by atoms with Crippen LogP contribution in [0, 0.1) is 5.82 Å². The van der Waals surface area contributed by atoms with Crippen LogP contribution in [0.5, 0.6) is 0 Å². The van der Waals surface area contributed by atoms with Crippen LogP contribution in [0.2, 0.25) is 0 Å². The fourth-order valence-electron chi connectivity index (χ4n) is 1.90. The molecule has 0 aliphatic rings. The summed E-state index contributed by atoms with van der Waals surface area (Å²) in [5.41, 5.74) is 1.04. The van der Waals surface area contributed by atoms with Crippen molar-refractivity contribution in [1.82, 2.24) is 0 Å². The number of benzene rings is 2. The minimum atomic E-state index is -0.493. The highest BCUT2D eigenvalue weighted by atomic mass is 32.2. The first-order chi connectivity index (χ1) is 12.1. The van der Waals surface area contributed by atoms with Crippen molar-refractivity contribution in [3.05, 3.63) is 59.9 Å². The summed E-state index contributed by atoms with van der Waals surface area (Å²) in [6.45, 7) is 0.204. The summed E-state index contributed by atoms with van der Waals surface area (Å²) < 4.78 is 18.6. The van der Waals surface area contributed by atoms with E-state index in [1.54, 1.807) is 23.9 Å². The van der Waals surface area contributed by atoms with E-state index in [4.69, 9.17) is 4.74 Å². The van der Waals surface area contributed by atoms with Crippen LogP contribution in [-0.4, -0.2) is 29.6 Å². The molecule has 0 saturated heterocycles. The standard InChI is InChI=1S/C18H18FNO3S2/c1-24-14-8-6-13(7-9-14)10-23-18(22)12-25-11-17(21)20-16-5-3-2-4-15(16)19/h2-9H,10-12H2,1H3,(H,20,21). The summed E-state index contributed by atoms with van der Waals surface area (Å²) in [5, 5.41) is 2.46. The number of halogens is 1. The van der Waals surface area contributed by atoms with Crippen LogP contribution in [0.4, 0.5) is 10.1 Å². The highest BCUT2D eigenvalue weighted by Gasteiger charge is 2.09. The molecule has 0 aliphatic carbocycles. The van der Waals surface area contributed by atoms with Gasteiger partial charge in [-0.1, -0.05) is 24.3 Å². The number of para-hydroxylation sites is 1. The van der Waals surface area contributed by atoms with E-state index in [2.05, 4.69) is 5.32 Å². The van der Waals surface area contributed by atoms with Gasteiger partial charge in [0.05, 0.1) is 17.2 Å². The van der Waals surface area contributed by atoms with Crippen LogP contribution in [0.15, 0.2) is 53.4 Å². The summed E-state index contributed by atoms with van der Waals surface area (Å²) >= 11 is 2.77. The Bertz CT molecular complexity index is 723. The van der Waals surface area contributed by atoms with Crippen LogP contribution in [0.3, 0.4) is 0 Å². The molecule has 0 atom stereocenters.